The largest absolute Gasteiger partial charge is 0.493 e. The molecule has 0 amide bonds. The third-order valence-corrected chi connectivity index (χ3v) is 7.26. The van der Waals surface area contributed by atoms with Crippen molar-refractivity contribution < 1.29 is 9.26 Å². The number of ether oxygens (including phenoxy) is 1. The van der Waals surface area contributed by atoms with Crippen molar-refractivity contribution in [2.75, 3.05) is 33.8 Å². The lowest BCUT2D eigenvalue weighted by Gasteiger charge is -2.31. The molecule has 2 fully saturated rings. The molecule has 7 heteroatoms. The average Bonchev–Trinajstić information content (AvgIpc) is 3.60. The molecule has 0 spiro atoms. The first-order valence-electron chi connectivity index (χ1n) is 12.8. The highest BCUT2D eigenvalue weighted by Gasteiger charge is 2.24. The van der Waals surface area contributed by atoms with Gasteiger partial charge in [0.25, 0.3) is 0 Å². The van der Waals surface area contributed by atoms with Crippen molar-refractivity contribution in [3.05, 3.63) is 53.0 Å². The van der Waals surface area contributed by atoms with E-state index in [2.05, 4.69) is 52.2 Å². The van der Waals surface area contributed by atoms with Gasteiger partial charge in [-0.15, -0.1) is 0 Å². The predicted molar refractivity (Wildman–Crippen MR) is 135 cm³/mol. The standard InChI is InChI=1S/C28H35N5O2/c1-32(2)18-25-27(34-19-21-3-4-21)8-6-24-26(31-35-28(24)25)7-5-20-10-13-33(14-11-20)17-22-9-12-30-23(15-22)16-29/h6,8-9,12,15,20-21H,3-5,7,10-11,13-14,17-19H2,1-2H3. The quantitative estimate of drug-likeness (QED) is 0.419. The molecule has 1 aromatic carbocycles. The van der Waals surface area contributed by atoms with Gasteiger partial charge in [0.1, 0.15) is 17.5 Å². The van der Waals surface area contributed by atoms with E-state index < -0.39 is 0 Å². The maximum absolute atomic E-state index is 9.07. The number of aromatic nitrogens is 2. The molecule has 184 valence electrons. The van der Waals surface area contributed by atoms with Crippen LogP contribution in [-0.2, 0) is 19.5 Å². The number of pyridine rings is 1. The van der Waals surface area contributed by atoms with Crippen molar-refractivity contribution in [2.45, 2.75) is 51.6 Å². The molecule has 1 saturated carbocycles. The lowest BCUT2D eigenvalue weighted by atomic mass is 9.91. The summed E-state index contributed by atoms with van der Waals surface area (Å²) in [6, 6.07) is 10.3. The average molecular weight is 474 g/mol. The van der Waals surface area contributed by atoms with Crippen molar-refractivity contribution in [3.63, 3.8) is 0 Å². The molecular formula is C28H35N5O2. The summed E-state index contributed by atoms with van der Waals surface area (Å²) < 4.78 is 12.1. The zero-order valence-corrected chi connectivity index (χ0v) is 20.9. The van der Waals surface area contributed by atoms with Crippen molar-refractivity contribution in [1.82, 2.24) is 19.9 Å². The van der Waals surface area contributed by atoms with E-state index in [-0.39, 0.29) is 0 Å². The summed E-state index contributed by atoms with van der Waals surface area (Å²) in [5, 5.41) is 14.7. The SMILES string of the molecule is CN(C)Cc1c(OCC2CC2)ccc2c(CCC3CCN(Cc4ccnc(C#N)c4)CC3)noc12. The van der Waals surface area contributed by atoms with Gasteiger partial charge in [-0.05, 0) is 107 Å². The number of fused-ring (bicyclic) bond motifs is 1. The number of hydrogen-bond donors (Lipinski definition) is 0. The molecular weight excluding hydrogens is 438 g/mol. The first-order valence-corrected chi connectivity index (χ1v) is 12.8. The molecule has 3 aromatic rings. The van der Waals surface area contributed by atoms with Crippen LogP contribution in [0.5, 0.6) is 5.75 Å². The summed E-state index contributed by atoms with van der Waals surface area (Å²) in [7, 11) is 4.15. The summed E-state index contributed by atoms with van der Waals surface area (Å²) in [6.07, 6.45) is 8.75. The summed E-state index contributed by atoms with van der Waals surface area (Å²) in [5.74, 6) is 2.35. The molecule has 5 rings (SSSR count). The summed E-state index contributed by atoms with van der Waals surface area (Å²) >= 11 is 0. The summed E-state index contributed by atoms with van der Waals surface area (Å²) in [5.41, 5.74) is 4.71. The van der Waals surface area contributed by atoms with Gasteiger partial charge >= 0.3 is 0 Å². The van der Waals surface area contributed by atoms with Gasteiger partial charge in [0.05, 0.1) is 17.9 Å². The van der Waals surface area contributed by atoms with Crippen molar-refractivity contribution >= 4 is 11.0 Å². The molecule has 7 nitrogen and oxygen atoms in total. The van der Waals surface area contributed by atoms with Gasteiger partial charge in [-0.1, -0.05) is 5.16 Å². The van der Waals surface area contributed by atoms with Gasteiger partial charge in [0.15, 0.2) is 5.58 Å². The van der Waals surface area contributed by atoms with E-state index in [1.807, 2.05) is 12.1 Å². The van der Waals surface area contributed by atoms with Crippen molar-refractivity contribution in [1.29, 1.82) is 5.26 Å². The molecule has 0 bridgehead atoms. The molecule has 1 aliphatic carbocycles. The number of rotatable bonds is 10. The Morgan fingerprint density at radius 2 is 1.97 bits per heavy atom. The first kappa shape index (κ1) is 23.8. The maximum Gasteiger partial charge on any atom is 0.175 e. The van der Waals surface area contributed by atoms with Crippen LogP contribution in [0.3, 0.4) is 0 Å². The molecule has 0 atom stereocenters. The van der Waals surface area contributed by atoms with E-state index in [4.69, 9.17) is 14.5 Å². The lowest BCUT2D eigenvalue weighted by Crippen LogP contribution is -2.33. The van der Waals surface area contributed by atoms with Gasteiger partial charge in [-0.3, -0.25) is 4.90 Å². The van der Waals surface area contributed by atoms with Crippen LogP contribution in [0, 0.1) is 23.2 Å². The minimum atomic E-state index is 0.493. The minimum Gasteiger partial charge on any atom is -0.493 e. The fourth-order valence-electron chi connectivity index (χ4n) is 5.03. The third-order valence-electron chi connectivity index (χ3n) is 7.26. The number of aryl methyl sites for hydroxylation is 1. The first-order chi connectivity index (χ1) is 17.1. The van der Waals surface area contributed by atoms with Crippen molar-refractivity contribution in [2.24, 2.45) is 11.8 Å². The molecule has 2 aliphatic rings. The zero-order valence-electron chi connectivity index (χ0n) is 20.9. The smallest absolute Gasteiger partial charge is 0.175 e. The van der Waals surface area contributed by atoms with Gasteiger partial charge in [-0.25, -0.2) is 4.98 Å². The Morgan fingerprint density at radius 3 is 2.71 bits per heavy atom. The van der Waals surface area contributed by atoms with Crippen LogP contribution in [0.4, 0.5) is 0 Å². The maximum atomic E-state index is 9.07. The number of nitrogens with zero attached hydrogens (tertiary/aromatic N) is 5. The molecule has 3 heterocycles. The molecule has 35 heavy (non-hydrogen) atoms. The molecule has 0 radical (unpaired) electrons. The van der Waals surface area contributed by atoms with Gasteiger partial charge in [0, 0.05) is 24.7 Å². The second-order valence-corrected chi connectivity index (χ2v) is 10.5. The van der Waals surface area contributed by atoms with Gasteiger partial charge < -0.3 is 14.2 Å². The Morgan fingerprint density at radius 1 is 1.14 bits per heavy atom. The number of piperidine rings is 1. The van der Waals surface area contributed by atoms with Crippen LogP contribution in [0.15, 0.2) is 35.0 Å². The summed E-state index contributed by atoms with van der Waals surface area (Å²) in [6.45, 7) is 4.63. The van der Waals surface area contributed by atoms with E-state index in [1.54, 1.807) is 6.20 Å². The Hall–Kier alpha value is -2.95. The summed E-state index contributed by atoms with van der Waals surface area (Å²) in [4.78, 5) is 8.71. The molecule has 1 saturated heterocycles. The lowest BCUT2D eigenvalue weighted by molar-refractivity contribution is 0.172. The normalized spacial score (nSPS) is 17.2. The van der Waals surface area contributed by atoms with Crippen LogP contribution in [0.2, 0.25) is 0 Å². The Balaban J connectivity index is 1.18. The monoisotopic (exact) mass is 473 g/mol. The van der Waals surface area contributed by atoms with E-state index >= 15 is 0 Å². The van der Waals surface area contributed by atoms with E-state index in [1.165, 1.54) is 25.7 Å². The predicted octanol–water partition coefficient (Wildman–Crippen LogP) is 4.79. The fraction of sp³-hybridized carbons (Fsp3) is 0.536. The highest BCUT2D eigenvalue weighted by Crippen LogP contribution is 2.35. The highest BCUT2D eigenvalue weighted by atomic mass is 16.5. The Kier molecular flexibility index (Phi) is 7.31. The molecule has 0 unspecified atom stereocenters. The third kappa shape index (κ3) is 6.01. The zero-order chi connectivity index (χ0) is 24.2. The fourth-order valence-corrected chi connectivity index (χ4v) is 5.03. The van der Waals surface area contributed by atoms with Gasteiger partial charge in [-0.2, -0.15) is 5.26 Å². The number of likely N-dealkylation sites (tertiary alicyclic amines) is 1. The number of benzene rings is 1. The van der Waals surface area contributed by atoms with E-state index in [0.29, 0.717) is 17.5 Å². The minimum absolute atomic E-state index is 0.493. The van der Waals surface area contributed by atoms with E-state index in [9.17, 15) is 0 Å². The molecule has 2 aromatic heterocycles. The van der Waals surface area contributed by atoms with Crippen molar-refractivity contribution in [3.8, 4) is 11.8 Å². The van der Waals surface area contributed by atoms with Crippen LogP contribution in [-0.4, -0.2) is 53.7 Å². The number of nitriles is 1. The van der Waals surface area contributed by atoms with E-state index in [0.717, 1.165) is 79.2 Å². The highest BCUT2D eigenvalue weighted by molar-refractivity contribution is 5.84. The van der Waals surface area contributed by atoms with Crippen LogP contribution in [0.1, 0.15) is 54.6 Å². The Bertz CT molecular complexity index is 1190. The van der Waals surface area contributed by atoms with Gasteiger partial charge in [0.2, 0.25) is 0 Å². The second-order valence-electron chi connectivity index (χ2n) is 10.5. The molecule has 1 aliphatic heterocycles. The second kappa shape index (κ2) is 10.8. The molecule has 0 N–H and O–H groups in total. The number of hydrogen-bond acceptors (Lipinski definition) is 7. The van der Waals surface area contributed by atoms with Crippen LogP contribution in [0.25, 0.3) is 11.0 Å². The van der Waals surface area contributed by atoms with Crippen LogP contribution >= 0.6 is 0 Å². The van der Waals surface area contributed by atoms with Crippen LogP contribution < -0.4 is 4.74 Å². The Labute approximate surface area is 207 Å². The topological polar surface area (TPSA) is 78.4 Å².